The van der Waals surface area contributed by atoms with E-state index >= 15 is 0 Å². The van der Waals surface area contributed by atoms with Crippen LogP contribution in [-0.2, 0) is 17.8 Å². The van der Waals surface area contributed by atoms with Gasteiger partial charge in [-0.25, -0.2) is 4.98 Å². The first-order chi connectivity index (χ1) is 21.2. The Balaban J connectivity index is 1.12. The fourth-order valence-corrected chi connectivity index (χ4v) is 6.27. The van der Waals surface area contributed by atoms with Crippen LogP contribution in [0.3, 0.4) is 0 Å². The summed E-state index contributed by atoms with van der Waals surface area (Å²) in [6.07, 6.45) is 7.32. The molecule has 2 aliphatic heterocycles. The lowest BCUT2D eigenvalue weighted by atomic mass is 9.88. The lowest BCUT2D eigenvalue weighted by Crippen LogP contribution is -2.39. The fourth-order valence-electron chi connectivity index (χ4n) is 6.27. The summed E-state index contributed by atoms with van der Waals surface area (Å²) in [6, 6.07) is 30.6. The van der Waals surface area contributed by atoms with E-state index in [0.717, 1.165) is 60.6 Å². The molecule has 7 nitrogen and oxygen atoms in total. The SMILES string of the molecule is O=C(CC(c1ccc2c(c1)OCO2)c1cnc2c(OCc3ccccc3)cccn12)N1CCC(Cc2ccccc2)CC1. The van der Waals surface area contributed by atoms with Crippen molar-refractivity contribution >= 4 is 11.6 Å². The van der Waals surface area contributed by atoms with E-state index in [0.29, 0.717) is 30.4 Å². The number of piperidine rings is 1. The standard InChI is InChI=1S/C36H35N3O4/c40-35(38-18-15-27(16-19-38)20-26-8-3-1-4-9-26)22-30(29-13-14-32-34(21-29)43-25-42-32)31-23-37-36-33(12-7-17-39(31)36)41-24-28-10-5-2-6-11-28/h1-14,17,21,23,27,30H,15-16,18-20,22,24-25H2. The average molecular weight is 574 g/mol. The molecular weight excluding hydrogens is 538 g/mol. The van der Waals surface area contributed by atoms with E-state index in [1.54, 1.807) is 0 Å². The second-order valence-electron chi connectivity index (χ2n) is 11.4. The summed E-state index contributed by atoms with van der Waals surface area (Å²) >= 11 is 0. The second kappa shape index (κ2) is 12.2. The predicted octanol–water partition coefficient (Wildman–Crippen LogP) is 6.65. The Morgan fingerprint density at radius 3 is 2.42 bits per heavy atom. The Labute approximate surface area is 251 Å². The van der Waals surface area contributed by atoms with Gasteiger partial charge >= 0.3 is 0 Å². The molecule has 218 valence electrons. The number of ether oxygens (including phenoxy) is 3. The highest BCUT2D eigenvalue weighted by Crippen LogP contribution is 2.39. The van der Waals surface area contributed by atoms with Crippen LogP contribution in [0.15, 0.2) is 103 Å². The molecule has 43 heavy (non-hydrogen) atoms. The van der Waals surface area contributed by atoms with Gasteiger partial charge in [0, 0.05) is 37.8 Å². The van der Waals surface area contributed by atoms with Crippen LogP contribution in [0.1, 0.15) is 47.6 Å². The molecule has 0 spiro atoms. The summed E-state index contributed by atoms with van der Waals surface area (Å²) in [5, 5.41) is 0. The number of imidazole rings is 1. The number of amides is 1. The maximum absolute atomic E-state index is 13.9. The Morgan fingerprint density at radius 1 is 0.884 bits per heavy atom. The van der Waals surface area contributed by atoms with Crippen molar-refractivity contribution in [3.8, 4) is 17.2 Å². The monoisotopic (exact) mass is 573 g/mol. The molecule has 2 aromatic heterocycles. The van der Waals surface area contributed by atoms with Crippen molar-refractivity contribution in [2.45, 2.75) is 38.2 Å². The van der Waals surface area contributed by atoms with Gasteiger partial charge in [-0.1, -0.05) is 66.7 Å². The Morgan fingerprint density at radius 2 is 1.63 bits per heavy atom. The Bertz CT molecular complexity index is 1690. The van der Waals surface area contributed by atoms with Gasteiger partial charge in [-0.05, 0) is 66.1 Å². The Hall–Kier alpha value is -4.78. The number of fused-ring (bicyclic) bond motifs is 2. The number of pyridine rings is 1. The molecule has 3 aromatic carbocycles. The molecule has 1 amide bonds. The highest BCUT2D eigenvalue weighted by molar-refractivity contribution is 5.78. The smallest absolute Gasteiger partial charge is 0.231 e. The minimum atomic E-state index is -0.219. The van der Waals surface area contributed by atoms with Gasteiger partial charge in [-0.15, -0.1) is 0 Å². The largest absolute Gasteiger partial charge is 0.485 e. The van der Waals surface area contributed by atoms with Crippen molar-refractivity contribution in [2.24, 2.45) is 5.92 Å². The van der Waals surface area contributed by atoms with Gasteiger partial charge in [-0.2, -0.15) is 0 Å². The van der Waals surface area contributed by atoms with Gasteiger partial charge < -0.3 is 23.5 Å². The number of likely N-dealkylation sites (tertiary alicyclic amines) is 1. The minimum absolute atomic E-state index is 0.160. The van der Waals surface area contributed by atoms with Crippen LogP contribution in [0.25, 0.3) is 5.65 Å². The number of aromatic nitrogens is 2. The molecule has 7 rings (SSSR count). The van der Waals surface area contributed by atoms with Crippen molar-refractivity contribution in [3.05, 3.63) is 126 Å². The van der Waals surface area contributed by atoms with Crippen LogP contribution in [0, 0.1) is 5.92 Å². The third-order valence-corrected chi connectivity index (χ3v) is 8.63. The van der Waals surface area contributed by atoms with Crippen LogP contribution in [0.4, 0.5) is 0 Å². The van der Waals surface area contributed by atoms with Crippen molar-refractivity contribution in [1.82, 2.24) is 14.3 Å². The summed E-state index contributed by atoms with van der Waals surface area (Å²) < 4.78 is 19.5. The number of benzene rings is 3. The van der Waals surface area contributed by atoms with E-state index in [1.165, 1.54) is 5.56 Å². The molecule has 0 N–H and O–H groups in total. The van der Waals surface area contributed by atoms with Gasteiger partial charge in [0.15, 0.2) is 22.9 Å². The van der Waals surface area contributed by atoms with E-state index in [9.17, 15) is 4.79 Å². The van der Waals surface area contributed by atoms with Crippen LogP contribution in [0.5, 0.6) is 17.2 Å². The van der Waals surface area contributed by atoms with Gasteiger partial charge in [-0.3, -0.25) is 4.79 Å². The fraction of sp³-hybridized carbons (Fsp3) is 0.278. The molecule has 0 bridgehead atoms. The molecule has 5 aromatic rings. The second-order valence-corrected chi connectivity index (χ2v) is 11.4. The molecule has 0 aliphatic carbocycles. The number of nitrogens with zero attached hydrogens (tertiary/aromatic N) is 3. The summed E-state index contributed by atoms with van der Waals surface area (Å²) in [5.41, 5.74) is 5.12. The quantitative estimate of drug-likeness (QED) is 0.198. The van der Waals surface area contributed by atoms with Crippen LogP contribution >= 0.6 is 0 Å². The van der Waals surface area contributed by atoms with Crippen LogP contribution in [0.2, 0.25) is 0 Å². The molecule has 1 unspecified atom stereocenters. The lowest BCUT2D eigenvalue weighted by Gasteiger charge is -2.33. The first kappa shape index (κ1) is 27.1. The van der Waals surface area contributed by atoms with E-state index in [2.05, 4.69) is 34.7 Å². The highest BCUT2D eigenvalue weighted by Gasteiger charge is 2.29. The zero-order valence-electron chi connectivity index (χ0n) is 24.1. The first-order valence-electron chi connectivity index (χ1n) is 15.1. The van der Waals surface area contributed by atoms with Crippen molar-refractivity contribution in [1.29, 1.82) is 0 Å². The van der Waals surface area contributed by atoms with Crippen molar-refractivity contribution < 1.29 is 19.0 Å². The van der Waals surface area contributed by atoms with E-state index in [1.807, 2.05) is 78.0 Å². The van der Waals surface area contributed by atoms with Crippen molar-refractivity contribution in [2.75, 3.05) is 19.9 Å². The van der Waals surface area contributed by atoms with Crippen molar-refractivity contribution in [3.63, 3.8) is 0 Å². The number of rotatable bonds is 9. The molecule has 4 heterocycles. The maximum Gasteiger partial charge on any atom is 0.231 e. The minimum Gasteiger partial charge on any atom is -0.485 e. The van der Waals surface area contributed by atoms with Gasteiger partial charge in [0.2, 0.25) is 12.7 Å². The maximum atomic E-state index is 13.9. The van der Waals surface area contributed by atoms with Gasteiger partial charge in [0.05, 0.1) is 5.69 Å². The summed E-state index contributed by atoms with van der Waals surface area (Å²) in [4.78, 5) is 20.7. The summed E-state index contributed by atoms with van der Waals surface area (Å²) in [7, 11) is 0. The van der Waals surface area contributed by atoms with E-state index in [4.69, 9.17) is 19.2 Å². The normalized spacial score (nSPS) is 15.5. The molecular formula is C36H35N3O4. The molecule has 1 atom stereocenters. The van der Waals surface area contributed by atoms with Crippen LogP contribution in [-0.4, -0.2) is 40.1 Å². The topological polar surface area (TPSA) is 65.3 Å². The number of carbonyl (C=O) groups is 1. The first-order valence-corrected chi connectivity index (χ1v) is 15.1. The molecule has 1 fully saturated rings. The summed E-state index contributed by atoms with van der Waals surface area (Å²) in [6.45, 7) is 2.23. The third kappa shape index (κ3) is 5.93. The number of hydrogen-bond acceptors (Lipinski definition) is 5. The molecule has 7 heteroatoms. The molecule has 2 aliphatic rings. The zero-order chi connectivity index (χ0) is 29.0. The van der Waals surface area contributed by atoms with Gasteiger partial charge in [0.25, 0.3) is 0 Å². The lowest BCUT2D eigenvalue weighted by molar-refractivity contribution is -0.132. The number of carbonyl (C=O) groups excluding carboxylic acids is 1. The average Bonchev–Trinajstić information content (AvgIpc) is 3.71. The zero-order valence-corrected chi connectivity index (χ0v) is 24.1. The Kier molecular flexibility index (Phi) is 7.69. The van der Waals surface area contributed by atoms with Gasteiger partial charge in [0.1, 0.15) is 6.61 Å². The van der Waals surface area contributed by atoms with E-state index < -0.39 is 0 Å². The highest BCUT2D eigenvalue weighted by atomic mass is 16.7. The predicted molar refractivity (Wildman–Crippen MR) is 164 cm³/mol. The summed E-state index contributed by atoms with van der Waals surface area (Å²) in [5.74, 6) is 2.68. The number of hydrogen-bond donors (Lipinski definition) is 0. The van der Waals surface area contributed by atoms with Crippen LogP contribution < -0.4 is 14.2 Å². The van der Waals surface area contributed by atoms with E-state index in [-0.39, 0.29) is 18.6 Å². The molecule has 0 radical (unpaired) electrons. The molecule has 1 saturated heterocycles. The molecule has 0 saturated carbocycles. The third-order valence-electron chi connectivity index (χ3n) is 8.63.